The summed E-state index contributed by atoms with van der Waals surface area (Å²) in [6, 6.07) is 24.8. The van der Waals surface area contributed by atoms with Gasteiger partial charge in [0.25, 0.3) is 11.8 Å². The molecule has 0 aliphatic rings. The van der Waals surface area contributed by atoms with Crippen molar-refractivity contribution in [2.24, 2.45) is 5.10 Å². The number of esters is 2. The smallest absolute Gasteiger partial charge is 0.336 e. The lowest BCUT2D eigenvalue weighted by molar-refractivity contribution is -0.132. The van der Waals surface area contributed by atoms with E-state index < -0.39 is 23.8 Å². The van der Waals surface area contributed by atoms with Crippen molar-refractivity contribution >= 4 is 41.7 Å². The van der Waals surface area contributed by atoms with E-state index in [1.165, 1.54) is 57.7 Å². The van der Waals surface area contributed by atoms with Gasteiger partial charge in [-0.25, -0.2) is 10.2 Å². The normalized spacial score (nSPS) is 10.7. The van der Waals surface area contributed by atoms with Gasteiger partial charge in [0.1, 0.15) is 0 Å². The number of benzene rings is 4. The maximum atomic E-state index is 12.8. The third-order valence-electron chi connectivity index (χ3n) is 6.05. The first-order chi connectivity index (χ1) is 21.7. The van der Waals surface area contributed by atoms with Crippen LogP contribution in [0.15, 0.2) is 102 Å². The number of methoxy groups -OCH3 is 2. The van der Waals surface area contributed by atoms with Gasteiger partial charge in [0.15, 0.2) is 23.0 Å². The van der Waals surface area contributed by atoms with E-state index >= 15 is 0 Å². The Morgan fingerprint density at radius 2 is 1.36 bits per heavy atom. The molecule has 11 heteroatoms. The van der Waals surface area contributed by atoms with Gasteiger partial charge in [-0.2, -0.15) is 5.10 Å². The molecule has 4 aromatic carbocycles. The molecule has 0 radical (unpaired) electrons. The van der Waals surface area contributed by atoms with Crippen molar-refractivity contribution in [2.45, 2.75) is 6.92 Å². The average molecular weight is 608 g/mol. The van der Waals surface area contributed by atoms with Gasteiger partial charge in [-0.05, 0) is 71.8 Å². The summed E-state index contributed by atoms with van der Waals surface area (Å²) in [5.74, 6) is -1.15. The summed E-state index contributed by atoms with van der Waals surface area (Å²) >= 11 is 0. The summed E-state index contributed by atoms with van der Waals surface area (Å²) in [5.41, 5.74) is 4.74. The number of nitrogens with one attached hydrogen (secondary N) is 2. The van der Waals surface area contributed by atoms with Crippen molar-refractivity contribution in [3.8, 4) is 23.0 Å². The predicted molar refractivity (Wildman–Crippen MR) is 168 cm³/mol. The van der Waals surface area contributed by atoms with E-state index in [0.29, 0.717) is 17.0 Å². The molecule has 0 aromatic heterocycles. The fourth-order valence-electron chi connectivity index (χ4n) is 3.94. The minimum atomic E-state index is -0.568. The van der Waals surface area contributed by atoms with Crippen LogP contribution in [-0.4, -0.2) is 44.2 Å². The Labute approximate surface area is 259 Å². The molecule has 2 amide bonds. The number of carbonyl (C=O) groups excluding carboxylic acids is 4. The zero-order valence-electron chi connectivity index (χ0n) is 24.6. The van der Waals surface area contributed by atoms with Gasteiger partial charge in [-0.1, -0.05) is 36.4 Å². The fraction of sp³-hybridized carbons (Fsp3) is 0.0882. The van der Waals surface area contributed by atoms with Crippen LogP contribution in [0.25, 0.3) is 6.08 Å². The van der Waals surface area contributed by atoms with Crippen LogP contribution in [0.2, 0.25) is 0 Å². The molecular weight excluding hydrogens is 578 g/mol. The van der Waals surface area contributed by atoms with Crippen LogP contribution in [0, 0.1) is 0 Å². The zero-order valence-corrected chi connectivity index (χ0v) is 24.6. The standard InChI is InChI=1S/C34H29N3O8/c1-22(38)44-28-16-14-26(20-31(28)43-3)33(40)36-27-11-7-10-25(19-27)34(41)37-35-21-24-12-15-29(30(18-24)42-2)45-32(39)17-13-23-8-5-4-6-9-23/h4-21H,1-3H3,(H,36,40)(H,37,41)/b17-13+,35-21?. The topological polar surface area (TPSA) is 142 Å². The van der Waals surface area contributed by atoms with E-state index in [2.05, 4.69) is 15.8 Å². The van der Waals surface area contributed by atoms with E-state index in [1.807, 2.05) is 30.3 Å². The molecule has 0 fully saturated rings. The first-order valence-electron chi connectivity index (χ1n) is 13.5. The lowest BCUT2D eigenvalue weighted by Crippen LogP contribution is -2.18. The molecule has 228 valence electrons. The minimum absolute atomic E-state index is 0.186. The summed E-state index contributed by atoms with van der Waals surface area (Å²) in [7, 11) is 2.83. The van der Waals surface area contributed by atoms with Gasteiger partial charge in [0, 0.05) is 29.8 Å². The van der Waals surface area contributed by atoms with Crippen LogP contribution >= 0.6 is 0 Å². The van der Waals surface area contributed by atoms with Crippen molar-refractivity contribution in [2.75, 3.05) is 19.5 Å². The van der Waals surface area contributed by atoms with Crippen molar-refractivity contribution < 1.29 is 38.1 Å². The SMILES string of the molecule is COc1cc(C(=O)Nc2cccc(C(=O)NN=Cc3ccc(OC(=O)/C=C/c4ccccc4)c(OC)c3)c2)ccc1OC(C)=O. The number of nitrogens with zero attached hydrogens (tertiary/aromatic N) is 1. The number of carbonyl (C=O) groups is 4. The predicted octanol–water partition coefficient (Wildman–Crippen LogP) is 5.26. The average Bonchev–Trinajstić information content (AvgIpc) is 3.04. The lowest BCUT2D eigenvalue weighted by atomic mass is 10.1. The molecule has 0 spiro atoms. The van der Waals surface area contributed by atoms with Crippen LogP contribution in [-0.2, 0) is 9.59 Å². The summed E-state index contributed by atoms with van der Waals surface area (Å²) < 4.78 is 21.0. The monoisotopic (exact) mass is 607 g/mol. The highest BCUT2D eigenvalue weighted by atomic mass is 16.6. The Balaban J connectivity index is 1.35. The molecule has 0 bridgehead atoms. The third-order valence-corrected chi connectivity index (χ3v) is 6.05. The number of hydrogen-bond donors (Lipinski definition) is 2. The molecule has 0 aliphatic carbocycles. The van der Waals surface area contributed by atoms with E-state index in [-0.39, 0.29) is 28.4 Å². The highest BCUT2D eigenvalue weighted by molar-refractivity contribution is 6.05. The summed E-state index contributed by atoms with van der Waals surface area (Å²) in [6.45, 7) is 1.26. The van der Waals surface area contributed by atoms with Gasteiger partial charge >= 0.3 is 11.9 Å². The van der Waals surface area contributed by atoms with Crippen molar-refractivity contribution in [1.82, 2.24) is 5.43 Å². The molecule has 0 atom stereocenters. The Kier molecular flexibility index (Phi) is 10.8. The maximum Gasteiger partial charge on any atom is 0.336 e. The lowest BCUT2D eigenvalue weighted by Gasteiger charge is -2.11. The molecule has 0 unspecified atom stereocenters. The van der Waals surface area contributed by atoms with Gasteiger partial charge in [0.05, 0.1) is 20.4 Å². The number of anilines is 1. The molecule has 0 heterocycles. The number of hydrogen-bond acceptors (Lipinski definition) is 9. The molecule has 4 aromatic rings. The Bertz CT molecular complexity index is 1770. The molecular formula is C34H29N3O8. The number of hydrazone groups is 1. The van der Waals surface area contributed by atoms with Gasteiger partial charge in [-0.3, -0.25) is 14.4 Å². The van der Waals surface area contributed by atoms with E-state index in [1.54, 1.807) is 42.5 Å². The van der Waals surface area contributed by atoms with E-state index in [4.69, 9.17) is 18.9 Å². The Morgan fingerprint density at radius 1 is 0.667 bits per heavy atom. The third kappa shape index (κ3) is 9.13. The summed E-state index contributed by atoms with van der Waals surface area (Å²) in [4.78, 5) is 49.1. The minimum Gasteiger partial charge on any atom is -0.493 e. The molecule has 4 rings (SSSR count). The van der Waals surface area contributed by atoms with Crippen molar-refractivity contribution in [1.29, 1.82) is 0 Å². The zero-order chi connectivity index (χ0) is 32.2. The second-order valence-electron chi connectivity index (χ2n) is 9.27. The first kappa shape index (κ1) is 31.7. The number of amides is 2. The van der Waals surface area contributed by atoms with Gasteiger partial charge < -0.3 is 24.3 Å². The van der Waals surface area contributed by atoms with Crippen molar-refractivity contribution in [3.63, 3.8) is 0 Å². The van der Waals surface area contributed by atoms with E-state index in [9.17, 15) is 19.2 Å². The number of rotatable bonds is 11. The molecule has 0 aliphatic heterocycles. The molecule has 11 nitrogen and oxygen atoms in total. The maximum absolute atomic E-state index is 12.8. The number of ether oxygens (including phenoxy) is 4. The van der Waals surface area contributed by atoms with Gasteiger partial charge in [-0.15, -0.1) is 0 Å². The van der Waals surface area contributed by atoms with Crippen molar-refractivity contribution in [3.05, 3.63) is 119 Å². The second-order valence-corrected chi connectivity index (χ2v) is 9.27. The highest BCUT2D eigenvalue weighted by Crippen LogP contribution is 2.29. The summed E-state index contributed by atoms with van der Waals surface area (Å²) in [5, 5.41) is 6.72. The quantitative estimate of drug-likeness (QED) is 0.0773. The second kappa shape index (κ2) is 15.3. The first-order valence-corrected chi connectivity index (χ1v) is 13.5. The van der Waals surface area contributed by atoms with Crippen LogP contribution < -0.4 is 29.7 Å². The molecule has 45 heavy (non-hydrogen) atoms. The molecule has 0 saturated carbocycles. The fourth-order valence-corrected chi connectivity index (χ4v) is 3.94. The van der Waals surface area contributed by atoms with Crippen LogP contribution in [0.3, 0.4) is 0 Å². The van der Waals surface area contributed by atoms with Gasteiger partial charge in [0.2, 0.25) is 0 Å². The van der Waals surface area contributed by atoms with E-state index in [0.717, 1.165) is 5.56 Å². The Hall–Kier alpha value is -6.23. The highest BCUT2D eigenvalue weighted by Gasteiger charge is 2.14. The summed E-state index contributed by atoms with van der Waals surface area (Å²) in [6.07, 6.45) is 4.37. The Morgan fingerprint density at radius 3 is 2.09 bits per heavy atom. The van der Waals surface area contributed by atoms with Crippen LogP contribution in [0.1, 0.15) is 38.8 Å². The van der Waals surface area contributed by atoms with Crippen LogP contribution in [0.4, 0.5) is 5.69 Å². The largest absolute Gasteiger partial charge is 0.493 e. The molecule has 0 saturated heterocycles. The molecule has 2 N–H and O–H groups in total. The van der Waals surface area contributed by atoms with Crippen LogP contribution in [0.5, 0.6) is 23.0 Å².